The first-order chi connectivity index (χ1) is 20.2. The van der Waals surface area contributed by atoms with Gasteiger partial charge in [-0.25, -0.2) is 10.1 Å². The van der Waals surface area contributed by atoms with Gasteiger partial charge in [0.2, 0.25) is 0 Å². The summed E-state index contributed by atoms with van der Waals surface area (Å²) in [6.07, 6.45) is 11.6. The average Bonchev–Trinajstić information content (AvgIpc) is 3.70. The van der Waals surface area contributed by atoms with E-state index >= 15 is 0 Å². The summed E-state index contributed by atoms with van der Waals surface area (Å²) >= 11 is 0. The van der Waals surface area contributed by atoms with Crippen LogP contribution in [0.3, 0.4) is 0 Å². The molecule has 0 aliphatic heterocycles. The second kappa shape index (κ2) is 11.3. The lowest BCUT2D eigenvalue weighted by molar-refractivity contribution is 0.149. The normalized spacial score (nSPS) is 16.8. The summed E-state index contributed by atoms with van der Waals surface area (Å²) in [5, 5.41) is 33.8. The second-order valence-electron chi connectivity index (χ2n) is 11.3. The highest BCUT2D eigenvalue weighted by Gasteiger charge is 2.28. The van der Waals surface area contributed by atoms with Crippen LogP contribution >= 0.6 is 0 Å². The Bertz CT molecular complexity index is 1620. The first kappa shape index (κ1) is 25.6. The Morgan fingerprint density at radius 1 is 0.829 bits per heavy atom. The van der Waals surface area contributed by atoms with Crippen molar-refractivity contribution in [3.63, 3.8) is 0 Å². The van der Waals surface area contributed by atoms with Crippen LogP contribution in [0, 0.1) is 0 Å². The maximum absolute atomic E-state index is 11.0. The van der Waals surface area contributed by atoms with Crippen LogP contribution in [0.1, 0.15) is 81.5 Å². The van der Waals surface area contributed by atoms with Gasteiger partial charge in [-0.3, -0.25) is 0 Å². The van der Waals surface area contributed by atoms with Crippen LogP contribution in [0.5, 0.6) is 11.8 Å². The smallest absolute Gasteiger partial charge is 0.262 e. The highest BCUT2D eigenvalue weighted by atomic mass is 16.5. The first-order valence-corrected chi connectivity index (χ1v) is 14.8. The highest BCUT2D eigenvalue weighted by Crippen LogP contribution is 2.39. The van der Waals surface area contributed by atoms with Crippen LogP contribution in [-0.4, -0.2) is 51.6 Å². The van der Waals surface area contributed by atoms with E-state index in [1.165, 1.54) is 25.7 Å². The maximum atomic E-state index is 11.0. The summed E-state index contributed by atoms with van der Waals surface area (Å²) in [6.45, 7) is 0.568. The van der Waals surface area contributed by atoms with E-state index in [9.17, 15) is 5.11 Å². The van der Waals surface area contributed by atoms with Crippen molar-refractivity contribution in [3.8, 4) is 34.3 Å². The van der Waals surface area contributed by atoms with Crippen molar-refractivity contribution in [2.45, 2.75) is 82.8 Å². The van der Waals surface area contributed by atoms with Crippen LogP contribution < -0.4 is 4.74 Å². The fraction of sp³-hybridized carbons (Fsp3) is 0.419. The van der Waals surface area contributed by atoms with Crippen molar-refractivity contribution in [1.29, 1.82) is 0 Å². The number of nitrogens with one attached hydrogen (secondary N) is 1. The van der Waals surface area contributed by atoms with Gasteiger partial charge in [-0.2, -0.15) is 0 Å². The molecule has 7 rings (SSSR count). The van der Waals surface area contributed by atoms with Crippen molar-refractivity contribution in [1.82, 2.24) is 40.4 Å². The minimum atomic E-state index is -0.100. The monoisotopic (exact) mass is 550 g/mol. The zero-order valence-electron chi connectivity index (χ0n) is 23.0. The van der Waals surface area contributed by atoms with Gasteiger partial charge in [0.05, 0.1) is 0 Å². The molecule has 2 saturated carbocycles. The molecule has 41 heavy (non-hydrogen) atoms. The summed E-state index contributed by atoms with van der Waals surface area (Å²) in [5.74, 6) is 2.30. The topological polar surface area (TPSA) is 128 Å². The van der Waals surface area contributed by atoms with Crippen LogP contribution in [0.4, 0.5) is 0 Å². The number of rotatable bonds is 7. The number of ether oxygens (including phenoxy) is 1. The van der Waals surface area contributed by atoms with Gasteiger partial charge >= 0.3 is 0 Å². The Hall–Kier alpha value is -4.34. The number of nitrogens with zero attached hydrogens (tertiary/aromatic N) is 7. The molecule has 0 amide bonds. The Labute approximate surface area is 238 Å². The highest BCUT2D eigenvalue weighted by molar-refractivity contribution is 5.85. The molecule has 0 unspecified atom stereocenters. The zero-order valence-corrected chi connectivity index (χ0v) is 23.0. The molecule has 2 fully saturated rings. The molecule has 210 valence electrons. The number of imidazole rings is 1. The molecule has 0 atom stereocenters. The molecular weight excluding hydrogens is 516 g/mol. The number of benzene rings is 2. The third-order valence-electron chi connectivity index (χ3n) is 8.58. The van der Waals surface area contributed by atoms with Crippen LogP contribution in [0.15, 0.2) is 48.5 Å². The van der Waals surface area contributed by atoms with Gasteiger partial charge in [-0.05, 0) is 65.6 Å². The minimum absolute atomic E-state index is 0.100. The van der Waals surface area contributed by atoms with E-state index < -0.39 is 0 Å². The lowest BCUT2D eigenvalue weighted by Crippen LogP contribution is -2.20. The summed E-state index contributed by atoms with van der Waals surface area (Å²) in [4.78, 5) is 5.12. The van der Waals surface area contributed by atoms with Gasteiger partial charge in [0.25, 0.3) is 11.8 Å². The predicted molar refractivity (Wildman–Crippen MR) is 154 cm³/mol. The molecule has 0 spiro atoms. The molecule has 10 heteroatoms. The number of aromatic amines is 1. The van der Waals surface area contributed by atoms with Gasteiger partial charge < -0.3 is 14.4 Å². The number of aromatic hydroxyl groups is 1. The molecule has 3 heterocycles. The van der Waals surface area contributed by atoms with Crippen molar-refractivity contribution in [2.24, 2.45) is 0 Å². The number of fused-ring (bicyclic) bond motifs is 1. The summed E-state index contributed by atoms with van der Waals surface area (Å²) in [6, 6.07) is 16.6. The second-order valence-corrected chi connectivity index (χ2v) is 11.3. The van der Waals surface area contributed by atoms with Crippen LogP contribution in [-0.2, 0) is 6.54 Å². The third kappa shape index (κ3) is 5.14. The predicted octanol–water partition coefficient (Wildman–Crippen LogP) is 6.19. The molecule has 0 saturated heterocycles. The zero-order chi connectivity index (χ0) is 27.6. The third-order valence-corrected chi connectivity index (χ3v) is 8.58. The van der Waals surface area contributed by atoms with Crippen molar-refractivity contribution in [2.75, 3.05) is 0 Å². The Morgan fingerprint density at radius 2 is 1.56 bits per heavy atom. The van der Waals surface area contributed by atoms with E-state index in [1.54, 1.807) is 0 Å². The number of hydrogen-bond donors (Lipinski definition) is 2. The summed E-state index contributed by atoms with van der Waals surface area (Å²) in [7, 11) is 0. The standard InChI is InChI=1S/C31H34N8O2/c40-30-27-26(31(36-35-30)41-23-11-5-2-6-12-23)32-29(22-9-3-1-4-10-22)39(27)19-20-15-17-21(18-16-20)24-13-7-8-14-25(24)28-33-37-38-34-28/h7-8,13-18,22-23H,1-6,9-12,19H2,(H,35,40)(H,33,34,37,38). The fourth-order valence-corrected chi connectivity index (χ4v) is 6.47. The molecule has 10 nitrogen and oxygen atoms in total. The lowest BCUT2D eigenvalue weighted by atomic mass is 9.88. The van der Waals surface area contributed by atoms with Crippen LogP contribution in [0.25, 0.3) is 33.5 Å². The first-order valence-electron chi connectivity index (χ1n) is 14.8. The Kier molecular flexibility index (Phi) is 7.04. The van der Waals surface area contributed by atoms with Gasteiger partial charge in [0, 0.05) is 18.0 Å². The van der Waals surface area contributed by atoms with E-state index in [4.69, 9.17) is 9.72 Å². The summed E-state index contributed by atoms with van der Waals surface area (Å²) < 4.78 is 8.50. The lowest BCUT2D eigenvalue weighted by Gasteiger charge is -2.22. The molecule has 2 aliphatic carbocycles. The van der Waals surface area contributed by atoms with E-state index in [0.29, 0.717) is 35.2 Å². The van der Waals surface area contributed by atoms with Crippen molar-refractivity contribution in [3.05, 3.63) is 59.9 Å². The Balaban J connectivity index is 1.25. The number of tetrazole rings is 1. The van der Waals surface area contributed by atoms with Gasteiger partial charge in [-0.15, -0.1) is 15.3 Å². The molecule has 5 aromatic rings. The summed E-state index contributed by atoms with van der Waals surface area (Å²) in [5.41, 5.74) is 5.40. The van der Waals surface area contributed by atoms with E-state index in [-0.39, 0.29) is 12.0 Å². The van der Waals surface area contributed by atoms with Crippen molar-refractivity contribution >= 4 is 11.0 Å². The largest absolute Gasteiger partial charge is 0.491 e. The SMILES string of the molecule is Oc1nnc(OC2CCCCC2)c2nc(C3CCCCC3)n(Cc3ccc(-c4ccccc4-c4nnn[nH]4)cc3)c12. The quantitative estimate of drug-likeness (QED) is 0.246. The van der Waals surface area contributed by atoms with E-state index in [1.807, 2.05) is 18.2 Å². The average molecular weight is 551 g/mol. The molecule has 3 aromatic heterocycles. The molecule has 0 bridgehead atoms. The number of H-pyrrole nitrogens is 1. The number of hydrogen-bond acceptors (Lipinski definition) is 8. The molecule has 2 aliphatic rings. The Morgan fingerprint density at radius 3 is 2.29 bits per heavy atom. The molecule has 2 N–H and O–H groups in total. The van der Waals surface area contributed by atoms with Gasteiger partial charge in [0.1, 0.15) is 17.4 Å². The molecule has 2 aromatic carbocycles. The molecular formula is C31H34N8O2. The fourth-order valence-electron chi connectivity index (χ4n) is 6.47. The minimum Gasteiger partial charge on any atom is -0.491 e. The molecule has 0 radical (unpaired) electrons. The van der Waals surface area contributed by atoms with Crippen LogP contribution in [0.2, 0.25) is 0 Å². The maximum Gasteiger partial charge on any atom is 0.262 e. The van der Waals surface area contributed by atoms with Gasteiger partial charge in [0.15, 0.2) is 11.3 Å². The van der Waals surface area contributed by atoms with E-state index in [2.05, 4.69) is 65.7 Å². The number of aromatic nitrogens is 8. The van der Waals surface area contributed by atoms with Crippen molar-refractivity contribution < 1.29 is 9.84 Å². The van der Waals surface area contributed by atoms with Gasteiger partial charge in [-0.1, -0.05) is 74.2 Å². The van der Waals surface area contributed by atoms with E-state index in [0.717, 1.165) is 66.6 Å².